The van der Waals surface area contributed by atoms with E-state index < -0.39 is 0 Å². The van der Waals surface area contributed by atoms with Crippen LogP contribution in [-0.2, 0) is 6.54 Å². The van der Waals surface area contributed by atoms with E-state index in [-0.39, 0.29) is 5.56 Å². The molecule has 4 nitrogen and oxygen atoms in total. The van der Waals surface area contributed by atoms with Crippen LogP contribution in [0.2, 0.25) is 0 Å². The highest BCUT2D eigenvalue weighted by atomic mass is 127. The van der Waals surface area contributed by atoms with E-state index in [1.54, 1.807) is 4.57 Å². The number of aromatic nitrogens is 3. The fraction of sp³-hybridized carbons (Fsp3) is 0.0323. The molecular weight excluding hydrogens is 557 g/mol. The van der Waals surface area contributed by atoms with E-state index in [9.17, 15) is 4.79 Å². The average molecular weight is 579 g/mol. The first-order valence-electron chi connectivity index (χ1n) is 11.7. The van der Waals surface area contributed by atoms with Crippen molar-refractivity contribution in [1.29, 1.82) is 0 Å². The van der Waals surface area contributed by atoms with Crippen LogP contribution in [0.1, 0.15) is 17.0 Å². The fourth-order valence-electron chi connectivity index (χ4n) is 4.60. The van der Waals surface area contributed by atoms with Gasteiger partial charge >= 0.3 is 0 Å². The van der Waals surface area contributed by atoms with E-state index in [0.717, 1.165) is 26.8 Å². The van der Waals surface area contributed by atoms with Crippen molar-refractivity contribution >= 4 is 56.5 Å². The van der Waals surface area contributed by atoms with Crippen molar-refractivity contribution in [3.05, 3.63) is 140 Å². The van der Waals surface area contributed by atoms with Gasteiger partial charge < -0.3 is 4.57 Å². The molecule has 0 radical (unpaired) electrons. The minimum atomic E-state index is -0.0733. The summed E-state index contributed by atoms with van der Waals surface area (Å²) >= 11 is 2.23. The smallest absolute Gasteiger partial charge is 0.266 e. The lowest BCUT2D eigenvalue weighted by atomic mass is 10.1. The maximum Gasteiger partial charge on any atom is 0.266 e. The Balaban J connectivity index is 1.50. The molecule has 0 unspecified atom stereocenters. The second-order valence-corrected chi connectivity index (χ2v) is 9.90. The number of rotatable bonds is 5. The lowest BCUT2D eigenvalue weighted by Gasteiger charge is -2.11. The third kappa shape index (κ3) is 4.27. The van der Waals surface area contributed by atoms with Gasteiger partial charge in [-0.2, -0.15) is 0 Å². The number of nitrogens with zero attached hydrogens (tertiary/aromatic N) is 3. The molecule has 4 aromatic carbocycles. The minimum Gasteiger partial charge on any atom is -0.342 e. The summed E-state index contributed by atoms with van der Waals surface area (Å²) in [7, 11) is 0. The van der Waals surface area contributed by atoms with Gasteiger partial charge in [-0.3, -0.25) is 9.36 Å². The van der Waals surface area contributed by atoms with Gasteiger partial charge in [-0.25, -0.2) is 4.98 Å². The van der Waals surface area contributed by atoms with Crippen LogP contribution in [0.15, 0.2) is 114 Å². The number of hydrogen-bond donors (Lipinski definition) is 0. The summed E-state index contributed by atoms with van der Waals surface area (Å²) in [6.07, 6.45) is 6.17. The summed E-state index contributed by atoms with van der Waals surface area (Å²) in [6.45, 7) is 0.788. The van der Waals surface area contributed by atoms with Crippen molar-refractivity contribution in [1.82, 2.24) is 14.1 Å². The molecule has 0 atom stereocenters. The van der Waals surface area contributed by atoms with Crippen LogP contribution in [0, 0.1) is 3.57 Å². The molecule has 36 heavy (non-hydrogen) atoms. The van der Waals surface area contributed by atoms with Crippen molar-refractivity contribution in [2.24, 2.45) is 0 Å². The molecule has 0 aliphatic carbocycles. The molecule has 5 heteroatoms. The van der Waals surface area contributed by atoms with Crippen molar-refractivity contribution in [2.75, 3.05) is 0 Å². The fourth-order valence-corrected chi connectivity index (χ4v) is 5.09. The van der Waals surface area contributed by atoms with E-state index in [0.29, 0.717) is 16.7 Å². The second kappa shape index (κ2) is 9.59. The van der Waals surface area contributed by atoms with Gasteiger partial charge in [0.2, 0.25) is 0 Å². The molecule has 2 heterocycles. The number of fused-ring (bicyclic) bond motifs is 2. The molecule has 6 aromatic rings. The zero-order chi connectivity index (χ0) is 24.5. The Labute approximate surface area is 222 Å². The Bertz CT molecular complexity index is 1780. The molecule has 2 aromatic heterocycles. The van der Waals surface area contributed by atoms with Crippen LogP contribution in [0.5, 0.6) is 0 Å². The largest absolute Gasteiger partial charge is 0.342 e. The topological polar surface area (TPSA) is 39.8 Å². The molecule has 0 bridgehead atoms. The molecule has 0 N–H and O–H groups in total. The Kier molecular flexibility index (Phi) is 5.99. The molecule has 0 amide bonds. The maximum absolute atomic E-state index is 13.6. The predicted octanol–water partition coefficient (Wildman–Crippen LogP) is 7.16. The van der Waals surface area contributed by atoms with E-state index >= 15 is 0 Å². The van der Waals surface area contributed by atoms with Gasteiger partial charge in [-0.1, -0.05) is 66.7 Å². The van der Waals surface area contributed by atoms with Crippen LogP contribution in [0.3, 0.4) is 0 Å². The first kappa shape index (κ1) is 22.5. The summed E-state index contributed by atoms with van der Waals surface area (Å²) in [5, 5.41) is 1.77. The number of halogens is 1. The van der Waals surface area contributed by atoms with Crippen molar-refractivity contribution in [3.63, 3.8) is 0 Å². The zero-order valence-corrected chi connectivity index (χ0v) is 21.5. The van der Waals surface area contributed by atoms with Gasteiger partial charge in [-0.15, -0.1) is 0 Å². The summed E-state index contributed by atoms with van der Waals surface area (Å²) < 4.78 is 4.97. The summed E-state index contributed by atoms with van der Waals surface area (Å²) in [5.41, 5.74) is 4.91. The van der Waals surface area contributed by atoms with Crippen molar-refractivity contribution in [2.45, 2.75) is 6.54 Å². The van der Waals surface area contributed by atoms with Crippen molar-refractivity contribution in [3.8, 4) is 5.69 Å². The summed E-state index contributed by atoms with van der Waals surface area (Å²) in [6, 6.07) is 34.3. The molecule has 174 valence electrons. The van der Waals surface area contributed by atoms with Crippen molar-refractivity contribution < 1.29 is 0 Å². The SMILES string of the molecule is O=c1c2cc(I)ccc2nc(/C=C/c2cn(Cc3ccccc3)c3ccccc23)n1-c1ccccc1. The number of para-hydroxylation sites is 2. The minimum absolute atomic E-state index is 0.0733. The molecule has 0 aliphatic rings. The van der Waals surface area contributed by atoms with E-state index in [1.165, 1.54) is 11.1 Å². The zero-order valence-electron chi connectivity index (χ0n) is 19.4. The number of benzene rings is 4. The average Bonchev–Trinajstić information content (AvgIpc) is 3.26. The molecular formula is C31H22IN3O. The monoisotopic (exact) mass is 579 g/mol. The molecule has 0 fully saturated rings. The molecule has 0 saturated heterocycles. The van der Waals surface area contributed by atoms with Gasteiger partial charge in [0.25, 0.3) is 5.56 Å². The number of hydrogen-bond acceptors (Lipinski definition) is 2. The molecule has 6 rings (SSSR count). The van der Waals surface area contributed by atoms with E-state index in [4.69, 9.17) is 4.98 Å². The van der Waals surface area contributed by atoms with Gasteiger partial charge in [0.05, 0.1) is 16.6 Å². The highest BCUT2D eigenvalue weighted by molar-refractivity contribution is 14.1. The highest BCUT2D eigenvalue weighted by Crippen LogP contribution is 2.25. The Hall–Kier alpha value is -3.97. The molecule has 0 saturated carbocycles. The third-order valence-electron chi connectivity index (χ3n) is 6.30. The first-order valence-corrected chi connectivity index (χ1v) is 12.8. The normalized spacial score (nSPS) is 11.6. The third-order valence-corrected chi connectivity index (χ3v) is 6.97. The van der Waals surface area contributed by atoms with Gasteiger partial charge in [0.1, 0.15) is 5.82 Å². The lowest BCUT2D eigenvalue weighted by Crippen LogP contribution is -2.22. The lowest BCUT2D eigenvalue weighted by molar-refractivity contribution is 0.836. The van der Waals surface area contributed by atoms with E-state index in [1.807, 2.05) is 60.7 Å². The predicted molar refractivity (Wildman–Crippen MR) is 156 cm³/mol. The summed E-state index contributed by atoms with van der Waals surface area (Å²) in [5.74, 6) is 0.597. The van der Waals surface area contributed by atoms with Crippen LogP contribution in [-0.4, -0.2) is 14.1 Å². The van der Waals surface area contributed by atoms with Crippen LogP contribution in [0.25, 0.3) is 39.6 Å². The van der Waals surface area contributed by atoms with E-state index in [2.05, 4.69) is 88.0 Å². The maximum atomic E-state index is 13.6. The first-order chi connectivity index (χ1) is 17.7. The quantitative estimate of drug-likeness (QED) is 0.203. The molecule has 0 aliphatic heterocycles. The van der Waals surface area contributed by atoms with Gasteiger partial charge in [0.15, 0.2) is 0 Å². The Morgan fingerprint density at radius 1 is 0.778 bits per heavy atom. The standard InChI is InChI=1S/C31H22IN3O/c32-24-16-17-28-27(19-24)31(36)35(25-11-5-2-6-12-25)30(33-28)18-15-23-21-34(20-22-9-3-1-4-10-22)29-14-8-7-13-26(23)29/h1-19,21H,20H2/b18-15+. The highest BCUT2D eigenvalue weighted by Gasteiger charge is 2.12. The van der Waals surface area contributed by atoms with Crippen LogP contribution in [0.4, 0.5) is 0 Å². The summed E-state index contributed by atoms with van der Waals surface area (Å²) in [4.78, 5) is 18.5. The van der Waals surface area contributed by atoms with Gasteiger partial charge in [-0.05, 0) is 76.7 Å². The second-order valence-electron chi connectivity index (χ2n) is 8.66. The van der Waals surface area contributed by atoms with Crippen LogP contribution >= 0.6 is 22.6 Å². The van der Waals surface area contributed by atoms with Crippen LogP contribution < -0.4 is 5.56 Å². The Morgan fingerprint density at radius 2 is 1.50 bits per heavy atom. The van der Waals surface area contributed by atoms with Gasteiger partial charge in [0, 0.05) is 32.8 Å². The molecule has 0 spiro atoms. The Morgan fingerprint density at radius 3 is 2.31 bits per heavy atom.